The van der Waals surface area contributed by atoms with Crippen molar-refractivity contribution in [1.29, 1.82) is 0 Å². The average Bonchev–Trinajstić information content (AvgIpc) is 2.53. The molecule has 0 radical (unpaired) electrons. The predicted molar refractivity (Wildman–Crippen MR) is 75.0 cm³/mol. The molecule has 1 amide bonds. The van der Waals surface area contributed by atoms with E-state index in [1.165, 1.54) is 6.42 Å². The van der Waals surface area contributed by atoms with Crippen molar-refractivity contribution in [3.05, 3.63) is 24.3 Å². The van der Waals surface area contributed by atoms with E-state index >= 15 is 0 Å². The number of amides is 1. The highest BCUT2D eigenvalue weighted by Crippen LogP contribution is 2.30. The van der Waals surface area contributed by atoms with Gasteiger partial charge in [0.25, 0.3) is 5.91 Å². The van der Waals surface area contributed by atoms with Crippen LogP contribution >= 0.6 is 0 Å². The Balaban J connectivity index is 1.51. The molecule has 1 fully saturated rings. The fraction of sp³-hybridized carbons (Fsp3) is 0.533. The molecule has 2 aliphatic rings. The van der Waals surface area contributed by atoms with Gasteiger partial charge in [0.1, 0.15) is 6.61 Å². The SMILES string of the molecule is O=C(NC[C@H]1CCCNC1)[C@@H]1COc2ccccc2O1. The number of carbonyl (C=O) groups is 1. The first-order valence-electron chi connectivity index (χ1n) is 7.20. The van der Waals surface area contributed by atoms with E-state index in [-0.39, 0.29) is 12.5 Å². The van der Waals surface area contributed by atoms with E-state index in [1.54, 1.807) is 0 Å². The van der Waals surface area contributed by atoms with Gasteiger partial charge in [-0.2, -0.15) is 0 Å². The molecular formula is C15H20N2O3. The minimum atomic E-state index is -0.554. The maximum atomic E-state index is 12.1. The zero-order valence-corrected chi connectivity index (χ0v) is 11.4. The van der Waals surface area contributed by atoms with Crippen LogP contribution in [-0.4, -0.2) is 38.3 Å². The molecule has 1 aromatic carbocycles. The molecule has 2 aliphatic heterocycles. The second-order valence-corrected chi connectivity index (χ2v) is 5.32. The van der Waals surface area contributed by atoms with Crippen LogP contribution in [0.2, 0.25) is 0 Å². The molecule has 2 heterocycles. The normalized spacial score (nSPS) is 25.0. The third-order valence-electron chi connectivity index (χ3n) is 3.76. The highest BCUT2D eigenvalue weighted by Gasteiger charge is 2.27. The third-order valence-corrected chi connectivity index (χ3v) is 3.76. The van der Waals surface area contributed by atoms with Gasteiger partial charge in [-0.15, -0.1) is 0 Å². The minimum absolute atomic E-state index is 0.0925. The van der Waals surface area contributed by atoms with Gasteiger partial charge in [0.05, 0.1) is 0 Å². The summed E-state index contributed by atoms with van der Waals surface area (Å²) in [6, 6.07) is 7.42. The lowest BCUT2D eigenvalue weighted by Gasteiger charge is -2.27. The molecule has 3 rings (SSSR count). The van der Waals surface area contributed by atoms with Crippen molar-refractivity contribution in [2.75, 3.05) is 26.2 Å². The van der Waals surface area contributed by atoms with Crippen molar-refractivity contribution in [3.8, 4) is 11.5 Å². The Morgan fingerprint density at radius 1 is 1.35 bits per heavy atom. The van der Waals surface area contributed by atoms with Crippen molar-refractivity contribution < 1.29 is 14.3 Å². The van der Waals surface area contributed by atoms with E-state index in [0.29, 0.717) is 24.0 Å². The predicted octanol–water partition coefficient (Wildman–Crippen LogP) is 0.942. The summed E-state index contributed by atoms with van der Waals surface area (Å²) in [5, 5.41) is 6.31. The Bertz CT molecular complexity index is 472. The monoisotopic (exact) mass is 276 g/mol. The van der Waals surface area contributed by atoms with Gasteiger partial charge >= 0.3 is 0 Å². The standard InChI is InChI=1S/C15H20N2O3/c18-15(17-9-11-4-3-7-16-8-11)14-10-19-12-5-1-2-6-13(12)20-14/h1-2,5-6,11,14,16H,3-4,7-10H2,(H,17,18)/t11-,14-/m0/s1. The Morgan fingerprint density at radius 2 is 2.20 bits per heavy atom. The van der Waals surface area contributed by atoms with Gasteiger partial charge in [0.15, 0.2) is 11.5 Å². The maximum Gasteiger partial charge on any atom is 0.264 e. The molecule has 5 heteroatoms. The number of hydrogen-bond donors (Lipinski definition) is 2. The first kappa shape index (κ1) is 13.2. The van der Waals surface area contributed by atoms with Gasteiger partial charge in [-0.25, -0.2) is 0 Å². The van der Waals surface area contributed by atoms with Crippen LogP contribution in [0.25, 0.3) is 0 Å². The van der Waals surface area contributed by atoms with E-state index in [2.05, 4.69) is 10.6 Å². The third kappa shape index (κ3) is 3.04. The lowest BCUT2D eigenvalue weighted by molar-refractivity contribution is -0.130. The molecule has 0 aliphatic carbocycles. The van der Waals surface area contributed by atoms with E-state index in [4.69, 9.17) is 9.47 Å². The van der Waals surface area contributed by atoms with Gasteiger partial charge in [-0.1, -0.05) is 12.1 Å². The average molecular weight is 276 g/mol. The quantitative estimate of drug-likeness (QED) is 0.862. The Kier molecular flexibility index (Phi) is 4.06. The Morgan fingerprint density at radius 3 is 3.00 bits per heavy atom. The van der Waals surface area contributed by atoms with E-state index in [9.17, 15) is 4.79 Å². The molecular weight excluding hydrogens is 256 g/mol. The van der Waals surface area contributed by atoms with Crippen LogP contribution < -0.4 is 20.1 Å². The maximum absolute atomic E-state index is 12.1. The molecule has 0 aromatic heterocycles. The summed E-state index contributed by atoms with van der Waals surface area (Å²) in [5.41, 5.74) is 0. The second-order valence-electron chi connectivity index (χ2n) is 5.32. The van der Waals surface area contributed by atoms with Crippen LogP contribution in [0.15, 0.2) is 24.3 Å². The number of nitrogens with one attached hydrogen (secondary N) is 2. The molecule has 2 N–H and O–H groups in total. The van der Waals surface area contributed by atoms with Crippen molar-refractivity contribution >= 4 is 5.91 Å². The summed E-state index contributed by atoms with van der Waals surface area (Å²) in [6.45, 7) is 3.03. The molecule has 2 atom stereocenters. The Hall–Kier alpha value is -1.75. The van der Waals surface area contributed by atoms with Crippen molar-refractivity contribution in [3.63, 3.8) is 0 Å². The summed E-state index contributed by atoms with van der Waals surface area (Å²) >= 11 is 0. The van der Waals surface area contributed by atoms with Crippen LogP contribution in [0, 0.1) is 5.92 Å². The summed E-state index contributed by atoms with van der Waals surface area (Å²) < 4.78 is 11.2. The molecule has 0 bridgehead atoms. The number of piperidine rings is 1. The molecule has 1 aromatic rings. The fourth-order valence-corrected chi connectivity index (χ4v) is 2.61. The molecule has 5 nitrogen and oxygen atoms in total. The number of ether oxygens (including phenoxy) is 2. The zero-order valence-electron chi connectivity index (χ0n) is 11.4. The fourth-order valence-electron chi connectivity index (χ4n) is 2.61. The number of rotatable bonds is 3. The van der Waals surface area contributed by atoms with Crippen LogP contribution in [0.3, 0.4) is 0 Å². The van der Waals surface area contributed by atoms with E-state index in [0.717, 1.165) is 19.5 Å². The molecule has 0 saturated carbocycles. The highest BCUT2D eigenvalue weighted by atomic mass is 16.6. The van der Waals surface area contributed by atoms with Crippen molar-refractivity contribution in [1.82, 2.24) is 10.6 Å². The summed E-state index contributed by atoms with van der Waals surface area (Å²) in [7, 11) is 0. The number of hydrogen-bond acceptors (Lipinski definition) is 4. The first-order chi connectivity index (χ1) is 9.83. The zero-order chi connectivity index (χ0) is 13.8. The topological polar surface area (TPSA) is 59.6 Å². The lowest BCUT2D eigenvalue weighted by atomic mass is 10.00. The Labute approximate surface area is 118 Å². The molecule has 0 unspecified atom stereocenters. The molecule has 20 heavy (non-hydrogen) atoms. The number of para-hydroxylation sites is 2. The smallest absolute Gasteiger partial charge is 0.264 e. The number of fused-ring (bicyclic) bond motifs is 1. The van der Waals surface area contributed by atoms with Crippen LogP contribution in [0.4, 0.5) is 0 Å². The van der Waals surface area contributed by atoms with Crippen LogP contribution in [-0.2, 0) is 4.79 Å². The van der Waals surface area contributed by atoms with Gasteiger partial charge < -0.3 is 20.1 Å². The summed E-state index contributed by atoms with van der Waals surface area (Å²) in [5.74, 6) is 1.76. The van der Waals surface area contributed by atoms with Gasteiger partial charge in [-0.3, -0.25) is 4.79 Å². The molecule has 108 valence electrons. The van der Waals surface area contributed by atoms with Crippen LogP contribution in [0.1, 0.15) is 12.8 Å². The van der Waals surface area contributed by atoms with Gasteiger partial charge in [-0.05, 0) is 44.0 Å². The van der Waals surface area contributed by atoms with E-state index in [1.807, 2.05) is 24.3 Å². The summed E-state index contributed by atoms with van der Waals surface area (Å²) in [6.07, 6.45) is 1.79. The molecule has 1 saturated heterocycles. The lowest BCUT2D eigenvalue weighted by Crippen LogP contribution is -2.46. The first-order valence-corrected chi connectivity index (χ1v) is 7.20. The van der Waals surface area contributed by atoms with Gasteiger partial charge in [0, 0.05) is 6.54 Å². The van der Waals surface area contributed by atoms with Crippen molar-refractivity contribution in [2.45, 2.75) is 18.9 Å². The largest absolute Gasteiger partial charge is 0.485 e. The number of carbonyl (C=O) groups excluding carboxylic acids is 1. The van der Waals surface area contributed by atoms with Crippen molar-refractivity contribution in [2.24, 2.45) is 5.92 Å². The second kappa shape index (κ2) is 6.13. The highest BCUT2D eigenvalue weighted by molar-refractivity contribution is 5.81. The van der Waals surface area contributed by atoms with Crippen LogP contribution in [0.5, 0.6) is 11.5 Å². The summed E-state index contributed by atoms with van der Waals surface area (Å²) in [4.78, 5) is 12.1. The number of benzene rings is 1. The van der Waals surface area contributed by atoms with Gasteiger partial charge in [0.2, 0.25) is 6.10 Å². The van der Waals surface area contributed by atoms with E-state index < -0.39 is 6.10 Å². The minimum Gasteiger partial charge on any atom is -0.485 e. The molecule has 0 spiro atoms.